The first kappa shape index (κ1) is 13.6. The van der Waals surface area contributed by atoms with E-state index in [9.17, 15) is 4.79 Å². The van der Waals surface area contributed by atoms with Crippen LogP contribution in [-0.4, -0.2) is 58.6 Å². The van der Waals surface area contributed by atoms with Crippen molar-refractivity contribution in [2.24, 2.45) is 0 Å². The second-order valence-corrected chi connectivity index (χ2v) is 5.97. The first-order valence-electron chi connectivity index (χ1n) is 7.85. The lowest BCUT2D eigenvalue weighted by Gasteiger charge is -2.20. The second-order valence-electron chi connectivity index (χ2n) is 5.97. The van der Waals surface area contributed by atoms with Crippen LogP contribution in [0.15, 0.2) is 6.07 Å². The summed E-state index contributed by atoms with van der Waals surface area (Å²) >= 11 is 0. The van der Waals surface area contributed by atoms with Crippen LogP contribution < -0.4 is 0 Å². The van der Waals surface area contributed by atoms with E-state index in [0.717, 1.165) is 44.8 Å². The van der Waals surface area contributed by atoms with Crippen LogP contribution in [0.3, 0.4) is 0 Å². The molecule has 0 radical (unpaired) electrons. The van der Waals surface area contributed by atoms with Crippen molar-refractivity contribution < 1.29 is 4.79 Å². The van der Waals surface area contributed by atoms with E-state index in [1.54, 1.807) is 0 Å². The molecule has 0 unspecified atom stereocenters. The molecule has 1 aliphatic heterocycles. The average Bonchev–Trinajstić information content (AvgIpc) is 3.23. The van der Waals surface area contributed by atoms with Gasteiger partial charge in [-0.1, -0.05) is 6.92 Å². The molecular weight excluding hydrogens is 252 g/mol. The van der Waals surface area contributed by atoms with E-state index in [1.807, 2.05) is 11.0 Å². The Hall–Kier alpha value is -1.36. The van der Waals surface area contributed by atoms with Gasteiger partial charge >= 0.3 is 0 Å². The number of carbonyl (C=O) groups excluding carboxylic acids is 1. The molecule has 1 aromatic rings. The van der Waals surface area contributed by atoms with E-state index >= 15 is 0 Å². The van der Waals surface area contributed by atoms with Crippen molar-refractivity contribution in [1.82, 2.24) is 20.0 Å². The molecule has 20 heavy (non-hydrogen) atoms. The van der Waals surface area contributed by atoms with E-state index < -0.39 is 0 Å². The third-order valence-corrected chi connectivity index (χ3v) is 4.25. The number of rotatable bonds is 4. The standard InChI is InChI=1S/C15H24N4O/c1-2-6-18-7-3-8-19(10-9-18)15(20)14-11-13(16-17-14)12-4-5-12/h11-12H,2-10H2,1H3,(H,16,17). The lowest BCUT2D eigenvalue weighted by Crippen LogP contribution is -2.35. The highest BCUT2D eigenvalue weighted by Gasteiger charge is 2.28. The van der Waals surface area contributed by atoms with Gasteiger partial charge in [-0.15, -0.1) is 0 Å². The molecule has 110 valence electrons. The third kappa shape index (κ3) is 3.03. The SMILES string of the molecule is CCCN1CCCN(C(=O)c2cc(C3CC3)[nH]n2)CC1. The number of H-pyrrole nitrogens is 1. The number of aromatic nitrogens is 2. The summed E-state index contributed by atoms with van der Waals surface area (Å²) in [6.45, 7) is 7.10. The quantitative estimate of drug-likeness (QED) is 0.913. The molecule has 5 heteroatoms. The summed E-state index contributed by atoms with van der Waals surface area (Å²) in [5, 5.41) is 7.23. The summed E-state index contributed by atoms with van der Waals surface area (Å²) < 4.78 is 0. The molecule has 2 fully saturated rings. The van der Waals surface area contributed by atoms with Gasteiger partial charge in [0.25, 0.3) is 5.91 Å². The van der Waals surface area contributed by atoms with Crippen molar-refractivity contribution in [2.45, 2.75) is 38.5 Å². The Morgan fingerprint density at radius 3 is 2.95 bits per heavy atom. The zero-order valence-electron chi connectivity index (χ0n) is 12.3. The van der Waals surface area contributed by atoms with Gasteiger partial charge < -0.3 is 9.80 Å². The van der Waals surface area contributed by atoms with Crippen molar-refractivity contribution >= 4 is 5.91 Å². The number of hydrogen-bond acceptors (Lipinski definition) is 3. The van der Waals surface area contributed by atoms with Gasteiger partial charge in [0, 0.05) is 31.2 Å². The summed E-state index contributed by atoms with van der Waals surface area (Å²) in [7, 11) is 0. The number of amides is 1. The summed E-state index contributed by atoms with van der Waals surface area (Å²) in [6, 6.07) is 1.95. The van der Waals surface area contributed by atoms with Crippen molar-refractivity contribution in [2.75, 3.05) is 32.7 Å². The number of aromatic amines is 1. The van der Waals surface area contributed by atoms with E-state index in [0.29, 0.717) is 11.6 Å². The number of carbonyl (C=O) groups is 1. The molecule has 0 aromatic carbocycles. The van der Waals surface area contributed by atoms with Crippen LogP contribution in [0, 0.1) is 0 Å². The Morgan fingerprint density at radius 2 is 2.20 bits per heavy atom. The molecule has 5 nitrogen and oxygen atoms in total. The maximum Gasteiger partial charge on any atom is 0.274 e. The molecule has 1 amide bonds. The van der Waals surface area contributed by atoms with Crippen LogP contribution in [0.1, 0.15) is 54.7 Å². The zero-order chi connectivity index (χ0) is 13.9. The number of nitrogens with zero attached hydrogens (tertiary/aromatic N) is 3. The summed E-state index contributed by atoms with van der Waals surface area (Å²) in [6.07, 6.45) is 4.70. The predicted octanol–water partition coefficient (Wildman–Crippen LogP) is 1.84. The highest BCUT2D eigenvalue weighted by atomic mass is 16.2. The van der Waals surface area contributed by atoms with Gasteiger partial charge in [0.1, 0.15) is 5.69 Å². The predicted molar refractivity (Wildman–Crippen MR) is 77.8 cm³/mol. The summed E-state index contributed by atoms with van der Waals surface area (Å²) in [5.74, 6) is 0.708. The first-order valence-corrected chi connectivity index (χ1v) is 7.85. The molecule has 1 saturated carbocycles. The number of nitrogens with one attached hydrogen (secondary N) is 1. The average molecular weight is 276 g/mol. The van der Waals surface area contributed by atoms with E-state index in [-0.39, 0.29) is 5.91 Å². The minimum Gasteiger partial charge on any atom is -0.336 e. The lowest BCUT2D eigenvalue weighted by molar-refractivity contribution is 0.0755. The lowest BCUT2D eigenvalue weighted by atomic mass is 10.2. The van der Waals surface area contributed by atoms with Gasteiger partial charge in [-0.05, 0) is 44.8 Å². The van der Waals surface area contributed by atoms with Gasteiger partial charge in [-0.25, -0.2) is 0 Å². The molecule has 2 heterocycles. The Bertz CT molecular complexity index is 466. The maximum atomic E-state index is 12.5. The minimum atomic E-state index is 0.0894. The molecule has 1 aliphatic carbocycles. The Kier molecular flexibility index (Phi) is 4.05. The highest BCUT2D eigenvalue weighted by Crippen LogP contribution is 2.39. The van der Waals surface area contributed by atoms with Crippen molar-refractivity contribution in [3.8, 4) is 0 Å². The van der Waals surface area contributed by atoms with Gasteiger partial charge in [0.05, 0.1) is 0 Å². The Labute approximate surface area is 120 Å². The van der Waals surface area contributed by atoms with Crippen LogP contribution in [0.4, 0.5) is 0 Å². The van der Waals surface area contributed by atoms with Crippen molar-refractivity contribution in [3.63, 3.8) is 0 Å². The second kappa shape index (κ2) is 5.95. The van der Waals surface area contributed by atoms with Crippen LogP contribution in [0.2, 0.25) is 0 Å². The normalized spacial score (nSPS) is 20.9. The van der Waals surface area contributed by atoms with E-state index in [1.165, 1.54) is 19.3 Å². The monoisotopic (exact) mass is 276 g/mol. The van der Waals surface area contributed by atoms with Crippen molar-refractivity contribution in [1.29, 1.82) is 0 Å². The van der Waals surface area contributed by atoms with Crippen LogP contribution in [-0.2, 0) is 0 Å². The van der Waals surface area contributed by atoms with Gasteiger partial charge in [-0.2, -0.15) is 5.10 Å². The van der Waals surface area contributed by atoms with E-state index in [2.05, 4.69) is 22.0 Å². The van der Waals surface area contributed by atoms with E-state index in [4.69, 9.17) is 0 Å². The third-order valence-electron chi connectivity index (χ3n) is 4.25. The Balaban J connectivity index is 1.60. The fraction of sp³-hybridized carbons (Fsp3) is 0.733. The Morgan fingerprint density at radius 1 is 1.35 bits per heavy atom. The molecule has 3 rings (SSSR count). The molecule has 0 bridgehead atoms. The summed E-state index contributed by atoms with van der Waals surface area (Å²) in [5.41, 5.74) is 1.73. The highest BCUT2D eigenvalue weighted by molar-refractivity contribution is 5.92. The maximum absolute atomic E-state index is 12.5. The number of hydrogen-bond donors (Lipinski definition) is 1. The zero-order valence-corrected chi connectivity index (χ0v) is 12.3. The van der Waals surface area contributed by atoms with Crippen LogP contribution in [0.25, 0.3) is 0 Å². The van der Waals surface area contributed by atoms with Gasteiger partial charge in [-0.3, -0.25) is 9.89 Å². The molecule has 0 spiro atoms. The first-order chi connectivity index (χ1) is 9.78. The largest absolute Gasteiger partial charge is 0.336 e. The van der Waals surface area contributed by atoms with Crippen molar-refractivity contribution in [3.05, 3.63) is 17.5 Å². The smallest absolute Gasteiger partial charge is 0.274 e. The van der Waals surface area contributed by atoms with Crippen LogP contribution >= 0.6 is 0 Å². The summed E-state index contributed by atoms with van der Waals surface area (Å²) in [4.78, 5) is 16.9. The van der Waals surface area contributed by atoms with Gasteiger partial charge in [0.15, 0.2) is 0 Å². The fourth-order valence-electron chi connectivity index (χ4n) is 2.93. The topological polar surface area (TPSA) is 52.2 Å². The minimum absolute atomic E-state index is 0.0894. The molecular formula is C15H24N4O. The molecule has 1 aromatic heterocycles. The molecule has 0 atom stereocenters. The molecule has 1 N–H and O–H groups in total. The molecule has 1 saturated heterocycles. The molecule has 2 aliphatic rings. The fourth-order valence-corrected chi connectivity index (χ4v) is 2.93. The van der Waals surface area contributed by atoms with Gasteiger partial charge in [0.2, 0.25) is 0 Å². The van der Waals surface area contributed by atoms with Crippen LogP contribution in [0.5, 0.6) is 0 Å².